The first-order chi connectivity index (χ1) is 8.22. The standard InChI is InChI=1S/C12H14Br4O/c13-3-1-2-4-17-11-5-9(7-14)12(16)10(6-11)8-15/h5-6H,1-4,7-8H2. The fourth-order valence-electron chi connectivity index (χ4n) is 1.38. The van der Waals surface area contributed by atoms with E-state index in [1.54, 1.807) is 0 Å². The Hall–Kier alpha value is 0.940. The molecule has 17 heavy (non-hydrogen) atoms. The molecule has 0 aliphatic heterocycles. The van der Waals surface area contributed by atoms with Crippen LogP contribution >= 0.6 is 63.7 Å². The molecule has 5 heteroatoms. The summed E-state index contributed by atoms with van der Waals surface area (Å²) in [5.74, 6) is 0.951. The van der Waals surface area contributed by atoms with Crippen molar-refractivity contribution in [3.8, 4) is 5.75 Å². The van der Waals surface area contributed by atoms with Gasteiger partial charge in [0.1, 0.15) is 5.75 Å². The van der Waals surface area contributed by atoms with E-state index in [0.29, 0.717) is 0 Å². The van der Waals surface area contributed by atoms with Crippen LogP contribution in [0.5, 0.6) is 5.75 Å². The van der Waals surface area contributed by atoms with Gasteiger partial charge in [0.25, 0.3) is 0 Å². The summed E-state index contributed by atoms with van der Waals surface area (Å²) in [5, 5.41) is 2.69. The minimum absolute atomic E-state index is 0.774. The van der Waals surface area contributed by atoms with Gasteiger partial charge in [0.15, 0.2) is 0 Å². The summed E-state index contributed by atoms with van der Waals surface area (Å²) in [4.78, 5) is 0. The van der Waals surface area contributed by atoms with E-state index in [1.165, 1.54) is 11.1 Å². The number of hydrogen-bond donors (Lipinski definition) is 0. The number of benzene rings is 1. The third kappa shape index (κ3) is 5.21. The van der Waals surface area contributed by atoms with Crippen LogP contribution in [0.1, 0.15) is 24.0 Å². The molecule has 1 rings (SSSR count). The Morgan fingerprint density at radius 1 is 0.941 bits per heavy atom. The van der Waals surface area contributed by atoms with Gasteiger partial charge < -0.3 is 4.74 Å². The van der Waals surface area contributed by atoms with Crippen LogP contribution in [0, 0.1) is 0 Å². The van der Waals surface area contributed by atoms with Crippen LogP contribution in [0.4, 0.5) is 0 Å². The lowest BCUT2D eigenvalue weighted by Crippen LogP contribution is -1.99. The van der Waals surface area contributed by atoms with Crippen LogP contribution in [0.25, 0.3) is 0 Å². The molecular formula is C12H14Br4O. The molecule has 0 aromatic heterocycles. The van der Waals surface area contributed by atoms with Crippen molar-refractivity contribution < 1.29 is 4.74 Å². The van der Waals surface area contributed by atoms with Gasteiger partial charge in [-0.15, -0.1) is 0 Å². The van der Waals surface area contributed by atoms with E-state index in [4.69, 9.17) is 4.74 Å². The summed E-state index contributed by atoms with van der Waals surface area (Å²) < 4.78 is 6.92. The van der Waals surface area contributed by atoms with Crippen LogP contribution in [0.2, 0.25) is 0 Å². The molecule has 0 N–H and O–H groups in total. The van der Waals surface area contributed by atoms with Gasteiger partial charge in [-0.25, -0.2) is 0 Å². The lowest BCUT2D eigenvalue weighted by atomic mass is 10.1. The van der Waals surface area contributed by atoms with Gasteiger partial charge in [0.05, 0.1) is 6.61 Å². The Morgan fingerprint density at radius 3 is 2.00 bits per heavy atom. The average Bonchev–Trinajstić information content (AvgIpc) is 2.36. The summed E-state index contributed by atoms with van der Waals surface area (Å²) in [5.41, 5.74) is 2.44. The Bertz CT molecular complexity index is 329. The van der Waals surface area contributed by atoms with Crippen molar-refractivity contribution in [2.75, 3.05) is 11.9 Å². The largest absolute Gasteiger partial charge is 0.494 e. The molecule has 0 heterocycles. The monoisotopic (exact) mass is 490 g/mol. The molecule has 0 atom stereocenters. The van der Waals surface area contributed by atoms with E-state index in [0.717, 1.165) is 45.7 Å². The van der Waals surface area contributed by atoms with E-state index in [9.17, 15) is 0 Å². The summed E-state index contributed by atoms with van der Waals surface area (Å²) in [6.07, 6.45) is 2.22. The number of halogens is 4. The van der Waals surface area contributed by atoms with Crippen molar-refractivity contribution >= 4 is 63.7 Å². The van der Waals surface area contributed by atoms with E-state index in [-0.39, 0.29) is 0 Å². The average molecular weight is 494 g/mol. The van der Waals surface area contributed by atoms with Crippen LogP contribution in [0.3, 0.4) is 0 Å². The summed E-state index contributed by atoms with van der Waals surface area (Å²) in [7, 11) is 0. The number of unbranched alkanes of at least 4 members (excludes halogenated alkanes) is 1. The van der Waals surface area contributed by atoms with Crippen molar-refractivity contribution in [2.45, 2.75) is 23.5 Å². The molecule has 0 unspecified atom stereocenters. The van der Waals surface area contributed by atoms with Gasteiger partial charge in [-0.2, -0.15) is 0 Å². The molecular weight excluding hydrogens is 480 g/mol. The van der Waals surface area contributed by atoms with Crippen LogP contribution in [-0.2, 0) is 10.7 Å². The fraction of sp³-hybridized carbons (Fsp3) is 0.500. The Kier molecular flexibility index (Phi) is 8.41. The molecule has 0 spiro atoms. The van der Waals surface area contributed by atoms with Gasteiger partial charge >= 0.3 is 0 Å². The minimum atomic E-state index is 0.774. The summed E-state index contributed by atoms with van der Waals surface area (Å²) in [6, 6.07) is 4.16. The molecule has 96 valence electrons. The number of alkyl halides is 3. The Morgan fingerprint density at radius 2 is 1.53 bits per heavy atom. The second-order valence-electron chi connectivity index (χ2n) is 3.57. The predicted molar refractivity (Wildman–Crippen MR) is 87.9 cm³/mol. The third-order valence-corrected chi connectivity index (χ3v) is 5.07. The topological polar surface area (TPSA) is 9.23 Å². The van der Waals surface area contributed by atoms with Crippen LogP contribution in [-0.4, -0.2) is 11.9 Å². The number of ether oxygens (including phenoxy) is 1. The van der Waals surface area contributed by atoms with Crippen LogP contribution < -0.4 is 4.74 Å². The molecule has 1 aromatic carbocycles. The quantitative estimate of drug-likeness (QED) is 0.345. The van der Waals surface area contributed by atoms with E-state index in [2.05, 4.69) is 75.9 Å². The predicted octanol–water partition coefficient (Wildman–Crippen LogP) is 5.79. The molecule has 0 saturated heterocycles. The van der Waals surface area contributed by atoms with Crippen molar-refractivity contribution in [3.05, 3.63) is 27.7 Å². The molecule has 0 radical (unpaired) electrons. The normalized spacial score (nSPS) is 10.6. The second kappa shape index (κ2) is 8.94. The zero-order chi connectivity index (χ0) is 12.7. The summed E-state index contributed by atoms with van der Waals surface area (Å²) >= 11 is 14.0. The van der Waals surface area contributed by atoms with Gasteiger partial charge in [-0.1, -0.05) is 63.7 Å². The summed E-state index contributed by atoms with van der Waals surface area (Å²) in [6.45, 7) is 0.774. The highest BCUT2D eigenvalue weighted by Gasteiger charge is 2.08. The Labute approximate surface area is 136 Å². The maximum absolute atomic E-state index is 5.76. The molecule has 0 bridgehead atoms. The molecule has 1 nitrogen and oxygen atoms in total. The maximum Gasteiger partial charge on any atom is 0.119 e. The van der Waals surface area contributed by atoms with E-state index >= 15 is 0 Å². The lowest BCUT2D eigenvalue weighted by Gasteiger charge is -2.11. The minimum Gasteiger partial charge on any atom is -0.494 e. The maximum atomic E-state index is 5.76. The van der Waals surface area contributed by atoms with Crippen molar-refractivity contribution in [1.82, 2.24) is 0 Å². The molecule has 0 aliphatic carbocycles. The molecule has 0 aliphatic rings. The highest BCUT2D eigenvalue weighted by atomic mass is 79.9. The highest BCUT2D eigenvalue weighted by Crippen LogP contribution is 2.30. The number of hydrogen-bond acceptors (Lipinski definition) is 1. The molecule has 0 amide bonds. The van der Waals surface area contributed by atoms with Crippen LogP contribution in [0.15, 0.2) is 16.6 Å². The lowest BCUT2D eigenvalue weighted by molar-refractivity contribution is 0.309. The molecule has 0 fully saturated rings. The smallest absolute Gasteiger partial charge is 0.119 e. The van der Waals surface area contributed by atoms with Gasteiger partial charge in [-0.05, 0) is 36.1 Å². The van der Waals surface area contributed by atoms with Gasteiger partial charge in [-0.3, -0.25) is 0 Å². The zero-order valence-electron chi connectivity index (χ0n) is 9.32. The second-order valence-corrected chi connectivity index (χ2v) is 6.27. The van der Waals surface area contributed by atoms with E-state index < -0.39 is 0 Å². The van der Waals surface area contributed by atoms with Crippen molar-refractivity contribution in [2.24, 2.45) is 0 Å². The first kappa shape index (κ1) is 16.0. The highest BCUT2D eigenvalue weighted by molar-refractivity contribution is 9.11. The first-order valence-electron chi connectivity index (χ1n) is 5.35. The van der Waals surface area contributed by atoms with E-state index in [1.807, 2.05) is 0 Å². The first-order valence-corrected chi connectivity index (χ1v) is 9.50. The third-order valence-electron chi connectivity index (χ3n) is 2.28. The Balaban J connectivity index is 2.71. The molecule has 0 saturated carbocycles. The SMILES string of the molecule is BrCCCCOc1cc(CBr)c(Br)c(CBr)c1. The number of rotatable bonds is 7. The molecule has 1 aromatic rings. The zero-order valence-corrected chi connectivity index (χ0v) is 15.7. The van der Waals surface area contributed by atoms with Crippen molar-refractivity contribution in [1.29, 1.82) is 0 Å². The van der Waals surface area contributed by atoms with Crippen molar-refractivity contribution in [3.63, 3.8) is 0 Å². The fourth-order valence-corrected chi connectivity index (χ4v) is 3.93. The van der Waals surface area contributed by atoms with Gasteiger partial charge in [0.2, 0.25) is 0 Å². The van der Waals surface area contributed by atoms with Gasteiger partial charge in [0, 0.05) is 20.5 Å².